The van der Waals surface area contributed by atoms with E-state index in [-0.39, 0.29) is 22.4 Å². The van der Waals surface area contributed by atoms with E-state index in [0.717, 1.165) is 30.6 Å². The van der Waals surface area contributed by atoms with Gasteiger partial charge in [-0.15, -0.1) is 5.10 Å². The number of hydrogen-bond acceptors (Lipinski definition) is 6. The van der Waals surface area contributed by atoms with Crippen LogP contribution in [0.15, 0.2) is 60.7 Å². The van der Waals surface area contributed by atoms with Crippen molar-refractivity contribution in [2.24, 2.45) is 0 Å². The number of nitrogens with zero attached hydrogens (tertiary/aromatic N) is 3. The van der Waals surface area contributed by atoms with E-state index in [1.807, 2.05) is 24.3 Å². The van der Waals surface area contributed by atoms with E-state index in [1.165, 1.54) is 17.7 Å². The second-order valence-corrected chi connectivity index (χ2v) is 11.8. The molecular weight excluding hydrogens is 545 g/mol. The molecule has 10 heteroatoms. The molecule has 0 saturated carbocycles. The van der Waals surface area contributed by atoms with Crippen molar-refractivity contribution in [3.63, 3.8) is 0 Å². The van der Waals surface area contributed by atoms with Gasteiger partial charge < -0.3 is 20.3 Å². The Bertz CT molecular complexity index is 1590. The Kier molecular flexibility index (Phi) is 8.02. The first-order valence-corrected chi connectivity index (χ1v) is 13.9. The standard InChI is InChI=1S/C31H33ClFN5O3/c1-31(2,3)41-30(40)38-27-18-23(34-26-12-9-22(32)17-25(26)33)10-11-24(27)28(36-38)35-29(39)21-7-5-19(6-8-21)20-13-15-37(4)16-14-20/h5-12,17-18,20,34H,13-16H2,1-4H3,(H,35,36,39). The highest BCUT2D eigenvalue weighted by atomic mass is 35.5. The van der Waals surface area contributed by atoms with Gasteiger partial charge >= 0.3 is 6.09 Å². The van der Waals surface area contributed by atoms with Crippen LogP contribution in [0.5, 0.6) is 0 Å². The highest BCUT2D eigenvalue weighted by Gasteiger charge is 2.24. The maximum Gasteiger partial charge on any atom is 0.435 e. The number of rotatable bonds is 5. The number of ether oxygens (including phenoxy) is 1. The second kappa shape index (κ2) is 11.5. The Labute approximate surface area is 243 Å². The smallest absolute Gasteiger partial charge is 0.435 e. The van der Waals surface area contributed by atoms with Crippen molar-refractivity contribution >= 4 is 51.7 Å². The summed E-state index contributed by atoms with van der Waals surface area (Å²) >= 11 is 5.88. The summed E-state index contributed by atoms with van der Waals surface area (Å²) < 4.78 is 21.1. The van der Waals surface area contributed by atoms with Crippen molar-refractivity contribution in [1.29, 1.82) is 0 Å². The minimum Gasteiger partial charge on any atom is -0.442 e. The number of carbonyl (C=O) groups is 2. The van der Waals surface area contributed by atoms with Crippen LogP contribution in [0.25, 0.3) is 10.9 Å². The molecule has 3 aromatic carbocycles. The first-order valence-electron chi connectivity index (χ1n) is 13.5. The number of likely N-dealkylation sites (tertiary alicyclic amines) is 1. The van der Waals surface area contributed by atoms with E-state index in [4.69, 9.17) is 16.3 Å². The van der Waals surface area contributed by atoms with Gasteiger partial charge in [-0.2, -0.15) is 4.68 Å². The zero-order chi connectivity index (χ0) is 29.3. The molecule has 4 aromatic rings. The predicted octanol–water partition coefficient (Wildman–Crippen LogP) is 7.42. The third-order valence-corrected chi connectivity index (χ3v) is 7.29. The number of hydrogen-bond donors (Lipinski definition) is 2. The fourth-order valence-corrected chi connectivity index (χ4v) is 5.06. The van der Waals surface area contributed by atoms with Crippen LogP contribution in [0.1, 0.15) is 55.5 Å². The number of piperidine rings is 1. The van der Waals surface area contributed by atoms with Gasteiger partial charge in [0.1, 0.15) is 11.4 Å². The third kappa shape index (κ3) is 6.69. The van der Waals surface area contributed by atoms with Crippen molar-refractivity contribution in [3.8, 4) is 0 Å². The summed E-state index contributed by atoms with van der Waals surface area (Å²) in [4.78, 5) is 28.6. The first kappa shape index (κ1) is 28.6. The average molecular weight is 578 g/mol. The maximum atomic E-state index is 14.4. The molecule has 1 amide bonds. The Morgan fingerprint density at radius 2 is 1.73 bits per heavy atom. The molecule has 1 saturated heterocycles. The summed E-state index contributed by atoms with van der Waals surface area (Å²) in [7, 11) is 2.13. The van der Waals surface area contributed by atoms with Crippen LogP contribution in [-0.4, -0.2) is 52.4 Å². The van der Waals surface area contributed by atoms with Crippen LogP contribution in [0, 0.1) is 5.82 Å². The molecule has 0 radical (unpaired) electrons. The van der Waals surface area contributed by atoms with Crippen molar-refractivity contribution in [2.45, 2.75) is 45.1 Å². The van der Waals surface area contributed by atoms with Crippen LogP contribution < -0.4 is 10.6 Å². The number of benzene rings is 3. The van der Waals surface area contributed by atoms with E-state index >= 15 is 0 Å². The van der Waals surface area contributed by atoms with Crippen molar-refractivity contribution in [3.05, 3.63) is 82.6 Å². The Hall–Kier alpha value is -3.95. The highest BCUT2D eigenvalue weighted by molar-refractivity contribution is 6.30. The molecule has 1 aliphatic heterocycles. The molecule has 0 atom stereocenters. The van der Waals surface area contributed by atoms with E-state index < -0.39 is 17.5 Å². The summed E-state index contributed by atoms with van der Waals surface area (Å²) in [6.45, 7) is 7.39. The summed E-state index contributed by atoms with van der Waals surface area (Å²) in [6, 6.07) is 17.0. The summed E-state index contributed by atoms with van der Waals surface area (Å²) in [5.74, 6) is -0.172. The van der Waals surface area contributed by atoms with Gasteiger partial charge in [0, 0.05) is 21.7 Å². The summed E-state index contributed by atoms with van der Waals surface area (Å²) in [6.07, 6.45) is 1.48. The Morgan fingerprint density at radius 3 is 2.39 bits per heavy atom. The van der Waals surface area contributed by atoms with Crippen LogP contribution >= 0.6 is 11.6 Å². The van der Waals surface area contributed by atoms with Crippen LogP contribution in [0.4, 0.5) is 26.4 Å². The number of aromatic nitrogens is 2. The minimum absolute atomic E-state index is 0.208. The molecule has 0 unspecified atom stereocenters. The molecule has 1 fully saturated rings. The fourth-order valence-electron chi connectivity index (χ4n) is 4.90. The largest absolute Gasteiger partial charge is 0.442 e. The Morgan fingerprint density at radius 1 is 1.02 bits per heavy atom. The lowest BCUT2D eigenvalue weighted by Crippen LogP contribution is -2.29. The number of nitrogens with one attached hydrogen (secondary N) is 2. The quantitative estimate of drug-likeness (QED) is 0.257. The van der Waals surface area contributed by atoms with Crippen molar-refractivity contribution in [1.82, 2.24) is 14.7 Å². The highest BCUT2D eigenvalue weighted by Crippen LogP contribution is 2.31. The molecule has 1 aliphatic rings. The molecule has 214 valence electrons. The monoisotopic (exact) mass is 577 g/mol. The zero-order valence-electron chi connectivity index (χ0n) is 23.5. The number of carbonyl (C=O) groups excluding carboxylic acids is 2. The normalized spacial score (nSPS) is 14.7. The van der Waals surface area contributed by atoms with Gasteiger partial charge in [-0.1, -0.05) is 23.7 Å². The lowest BCUT2D eigenvalue weighted by molar-refractivity contribution is 0.0522. The lowest BCUT2D eigenvalue weighted by atomic mass is 9.89. The number of anilines is 3. The lowest BCUT2D eigenvalue weighted by Gasteiger charge is -2.29. The zero-order valence-corrected chi connectivity index (χ0v) is 24.3. The predicted molar refractivity (Wildman–Crippen MR) is 160 cm³/mol. The Balaban J connectivity index is 1.42. The van der Waals surface area contributed by atoms with E-state index in [2.05, 4.69) is 27.7 Å². The molecule has 0 spiro atoms. The molecule has 0 bridgehead atoms. The van der Waals surface area contributed by atoms with Gasteiger partial charge in [0.25, 0.3) is 5.91 Å². The fraction of sp³-hybridized carbons (Fsp3) is 0.323. The molecular formula is C31H33ClFN5O3. The van der Waals surface area contributed by atoms with Crippen molar-refractivity contribution in [2.75, 3.05) is 30.8 Å². The van der Waals surface area contributed by atoms with Gasteiger partial charge in [0.15, 0.2) is 5.82 Å². The number of amides is 1. The topological polar surface area (TPSA) is 88.5 Å². The van der Waals surface area contributed by atoms with Crippen LogP contribution in [-0.2, 0) is 4.74 Å². The van der Waals surface area contributed by atoms with Gasteiger partial charge in [-0.25, -0.2) is 9.18 Å². The van der Waals surface area contributed by atoms with Crippen molar-refractivity contribution < 1.29 is 18.7 Å². The molecule has 1 aromatic heterocycles. The van der Waals surface area contributed by atoms with E-state index in [1.54, 1.807) is 45.0 Å². The number of halogens is 2. The van der Waals surface area contributed by atoms with E-state index in [9.17, 15) is 14.0 Å². The number of fused-ring (bicyclic) bond motifs is 1. The average Bonchev–Trinajstić information content (AvgIpc) is 3.27. The molecule has 5 rings (SSSR count). The molecule has 2 N–H and O–H groups in total. The van der Waals surface area contributed by atoms with Gasteiger partial charge in [0.2, 0.25) is 0 Å². The molecule has 2 heterocycles. The van der Waals surface area contributed by atoms with Gasteiger partial charge in [-0.05, 0) is 114 Å². The van der Waals surface area contributed by atoms with Crippen LogP contribution in [0.3, 0.4) is 0 Å². The van der Waals surface area contributed by atoms with Gasteiger partial charge in [-0.3, -0.25) is 4.79 Å². The maximum absolute atomic E-state index is 14.4. The molecule has 0 aliphatic carbocycles. The SMILES string of the molecule is CN1CCC(c2ccc(C(=O)Nc3nn(C(=O)OC(C)(C)C)c4cc(Nc5ccc(Cl)cc5F)ccc34)cc2)CC1. The van der Waals surface area contributed by atoms with Gasteiger partial charge in [0.05, 0.1) is 11.2 Å². The first-order chi connectivity index (χ1) is 19.5. The third-order valence-electron chi connectivity index (χ3n) is 7.05. The minimum atomic E-state index is -0.767. The summed E-state index contributed by atoms with van der Waals surface area (Å²) in [5, 5.41) is 11.1. The second-order valence-electron chi connectivity index (χ2n) is 11.4. The molecule has 41 heavy (non-hydrogen) atoms. The summed E-state index contributed by atoms with van der Waals surface area (Å²) in [5.41, 5.74) is 2.05. The molecule has 8 nitrogen and oxygen atoms in total. The van der Waals surface area contributed by atoms with E-state index in [0.29, 0.717) is 28.1 Å². The van der Waals surface area contributed by atoms with Crippen LogP contribution in [0.2, 0.25) is 5.02 Å².